The highest BCUT2D eigenvalue weighted by Gasteiger charge is 2.27. The monoisotopic (exact) mass is 337 g/mol. The normalized spacial score (nSPS) is 12.4. The maximum Gasteiger partial charge on any atom is 0.318 e. The van der Waals surface area contributed by atoms with Crippen LogP contribution in [0.4, 0.5) is 4.79 Å². The zero-order chi connectivity index (χ0) is 17.1. The summed E-state index contributed by atoms with van der Waals surface area (Å²) in [7, 11) is 1.81. The van der Waals surface area contributed by atoms with Crippen molar-refractivity contribution in [2.45, 2.75) is 31.2 Å². The topological polar surface area (TPSA) is 116 Å². The van der Waals surface area contributed by atoms with Gasteiger partial charge < -0.3 is 14.7 Å². The zero-order valence-electron chi connectivity index (χ0n) is 13.4. The molecule has 23 heavy (non-hydrogen) atoms. The van der Waals surface area contributed by atoms with Crippen LogP contribution in [0.2, 0.25) is 0 Å². The molecular weight excluding hydrogens is 318 g/mol. The number of aromatic nitrogens is 3. The molecule has 1 atom stereocenters. The first-order valence-corrected chi connectivity index (χ1v) is 7.90. The molecule has 0 saturated carbocycles. The number of furan rings is 1. The molecule has 0 unspecified atom stereocenters. The number of thioether (sulfide) groups is 1. The van der Waals surface area contributed by atoms with Gasteiger partial charge in [-0.15, -0.1) is 10.2 Å². The number of nitrogens with one attached hydrogen (secondary N) is 1. The van der Waals surface area contributed by atoms with E-state index in [-0.39, 0.29) is 5.92 Å². The molecule has 0 radical (unpaired) electrons. The molecule has 2 heterocycles. The Morgan fingerprint density at radius 1 is 1.39 bits per heavy atom. The van der Waals surface area contributed by atoms with Gasteiger partial charge in [-0.05, 0) is 18.9 Å². The van der Waals surface area contributed by atoms with E-state index in [1.54, 1.807) is 10.8 Å². The van der Waals surface area contributed by atoms with E-state index in [1.165, 1.54) is 11.8 Å². The summed E-state index contributed by atoms with van der Waals surface area (Å²) in [6.45, 7) is 5.61. The molecule has 0 fully saturated rings. The van der Waals surface area contributed by atoms with Gasteiger partial charge in [0.25, 0.3) is 0 Å². The van der Waals surface area contributed by atoms with E-state index in [1.807, 2.05) is 33.9 Å². The van der Waals surface area contributed by atoms with Crippen LogP contribution in [0, 0.1) is 12.8 Å². The van der Waals surface area contributed by atoms with Crippen molar-refractivity contribution in [3.63, 3.8) is 0 Å². The number of nitrogens with zero attached hydrogens (tertiary/aromatic N) is 3. The fourth-order valence-electron chi connectivity index (χ4n) is 2.07. The van der Waals surface area contributed by atoms with E-state index in [4.69, 9.17) is 10.2 Å². The molecule has 3 N–H and O–H groups in total. The lowest BCUT2D eigenvalue weighted by Crippen LogP contribution is -2.42. The van der Waals surface area contributed by atoms with Gasteiger partial charge >= 0.3 is 6.03 Å². The van der Waals surface area contributed by atoms with Gasteiger partial charge in [0.2, 0.25) is 5.91 Å². The van der Waals surface area contributed by atoms with Crippen LogP contribution in [0.1, 0.15) is 19.6 Å². The zero-order valence-corrected chi connectivity index (χ0v) is 14.2. The summed E-state index contributed by atoms with van der Waals surface area (Å²) in [6.07, 6.45) is 1.59. The van der Waals surface area contributed by atoms with Crippen LogP contribution in [0.5, 0.6) is 0 Å². The fourth-order valence-corrected chi connectivity index (χ4v) is 3.07. The molecule has 124 valence electrons. The van der Waals surface area contributed by atoms with Crippen molar-refractivity contribution in [3.05, 3.63) is 18.1 Å². The summed E-state index contributed by atoms with van der Waals surface area (Å²) in [4.78, 5) is 23.0. The molecule has 0 saturated heterocycles. The largest absolute Gasteiger partial charge is 0.469 e. The van der Waals surface area contributed by atoms with Crippen LogP contribution >= 0.6 is 11.8 Å². The maximum atomic E-state index is 12.1. The van der Waals surface area contributed by atoms with Crippen molar-refractivity contribution in [1.29, 1.82) is 0 Å². The number of urea groups is 1. The Morgan fingerprint density at radius 2 is 2.09 bits per heavy atom. The minimum Gasteiger partial charge on any atom is -0.469 e. The number of amides is 3. The summed E-state index contributed by atoms with van der Waals surface area (Å²) in [5.74, 6) is 0.928. The van der Waals surface area contributed by atoms with Gasteiger partial charge in [0.05, 0.1) is 17.1 Å². The van der Waals surface area contributed by atoms with E-state index in [0.29, 0.717) is 11.0 Å². The van der Waals surface area contributed by atoms with E-state index < -0.39 is 17.2 Å². The van der Waals surface area contributed by atoms with Gasteiger partial charge in [-0.3, -0.25) is 10.1 Å². The summed E-state index contributed by atoms with van der Waals surface area (Å²) >= 11 is 1.24. The number of hydrogen-bond donors (Lipinski definition) is 2. The van der Waals surface area contributed by atoms with Crippen molar-refractivity contribution >= 4 is 23.7 Å². The van der Waals surface area contributed by atoms with Crippen LogP contribution in [-0.2, 0) is 11.8 Å². The first-order valence-electron chi connectivity index (χ1n) is 7.02. The molecule has 8 nitrogen and oxygen atoms in total. The van der Waals surface area contributed by atoms with E-state index in [2.05, 4.69) is 15.5 Å². The number of nitrogens with two attached hydrogens (primary N) is 1. The summed E-state index contributed by atoms with van der Waals surface area (Å²) in [5, 5.41) is 10.5. The second-order valence-electron chi connectivity index (χ2n) is 5.39. The Kier molecular flexibility index (Phi) is 5.09. The van der Waals surface area contributed by atoms with Crippen molar-refractivity contribution in [1.82, 2.24) is 20.1 Å². The van der Waals surface area contributed by atoms with E-state index in [9.17, 15) is 9.59 Å². The SMILES string of the molecule is Cc1occc1-c1nnc(S[C@H](C(=O)NC(N)=O)C(C)C)n1C. The van der Waals surface area contributed by atoms with Gasteiger partial charge in [-0.1, -0.05) is 25.6 Å². The summed E-state index contributed by atoms with van der Waals surface area (Å²) < 4.78 is 7.07. The lowest BCUT2D eigenvalue weighted by molar-refractivity contribution is -0.120. The second-order valence-corrected chi connectivity index (χ2v) is 6.50. The minimum atomic E-state index is -0.867. The van der Waals surface area contributed by atoms with Crippen molar-refractivity contribution in [2.24, 2.45) is 18.7 Å². The Labute approximate surface area is 137 Å². The van der Waals surface area contributed by atoms with Crippen molar-refractivity contribution in [2.75, 3.05) is 0 Å². The van der Waals surface area contributed by atoms with Gasteiger partial charge in [0.15, 0.2) is 11.0 Å². The second kappa shape index (κ2) is 6.86. The lowest BCUT2D eigenvalue weighted by atomic mass is 10.1. The predicted molar refractivity (Wildman–Crippen MR) is 85.7 cm³/mol. The number of rotatable bonds is 5. The third-order valence-corrected chi connectivity index (χ3v) is 4.86. The molecule has 3 amide bonds. The highest BCUT2D eigenvalue weighted by atomic mass is 32.2. The van der Waals surface area contributed by atoms with Gasteiger partial charge in [-0.25, -0.2) is 4.79 Å². The number of aryl methyl sites for hydroxylation is 1. The van der Waals surface area contributed by atoms with Gasteiger partial charge in [-0.2, -0.15) is 0 Å². The Hall–Kier alpha value is -2.29. The summed E-state index contributed by atoms with van der Waals surface area (Å²) in [5.41, 5.74) is 5.86. The van der Waals surface area contributed by atoms with E-state index >= 15 is 0 Å². The molecule has 9 heteroatoms. The number of carbonyl (C=O) groups excluding carboxylic acids is 2. The first-order chi connectivity index (χ1) is 10.8. The third-order valence-electron chi connectivity index (χ3n) is 3.28. The van der Waals surface area contributed by atoms with Crippen LogP contribution in [0.25, 0.3) is 11.4 Å². The number of carbonyl (C=O) groups is 2. The molecule has 0 bridgehead atoms. The fraction of sp³-hybridized carbons (Fsp3) is 0.429. The number of primary amides is 1. The van der Waals surface area contributed by atoms with Crippen LogP contribution in [0.15, 0.2) is 21.9 Å². The molecule has 0 aliphatic carbocycles. The van der Waals surface area contributed by atoms with Gasteiger partial charge in [0.1, 0.15) is 5.76 Å². The number of hydrogen-bond acceptors (Lipinski definition) is 6. The molecule has 2 aromatic rings. The minimum absolute atomic E-state index is 0.0184. The van der Waals surface area contributed by atoms with Crippen LogP contribution < -0.4 is 11.1 Å². The molecule has 2 aromatic heterocycles. The van der Waals surface area contributed by atoms with Crippen LogP contribution in [0.3, 0.4) is 0 Å². The highest BCUT2D eigenvalue weighted by molar-refractivity contribution is 8.00. The van der Waals surface area contributed by atoms with Crippen molar-refractivity contribution in [3.8, 4) is 11.4 Å². The molecule has 2 rings (SSSR count). The molecular formula is C14H19N5O3S. The lowest BCUT2D eigenvalue weighted by Gasteiger charge is -2.18. The average Bonchev–Trinajstić information content (AvgIpc) is 3.01. The molecule has 0 aromatic carbocycles. The Morgan fingerprint density at radius 3 is 2.61 bits per heavy atom. The summed E-state index contributed by atoms with van der Waals surface area (Å²) in [6, 6.07) is 0.946. The third kappa shape index (κ3) is 3.73. The smallest absolute Gasteiger partial charge is 0.318 e. The first kappa shape index (κ1) is 17.1. The van der Waals surface area contributed by atoms with Crippen LogP contribution in [-0.4, -0.2) is 32.0 Å². The van der Waals surface area contributed by atoms with Crippen molar-refractivity contribution < 1.29 is 14.0 Å². The van der Waals surface area contributed by atoms with E-state index in [0.717, 1.165) is 11.3 Å². The maximum absolute atomic E-state index is 12.1. The standard InChI is InChI=1S/C14H19N5O3S/c1-7(2)10(12(20)16-13(15)21)23-14-18-17-11(19(14)4)9-5-6-22-8(9)3/h5-7,10H,1-4H3,(H3,15,16,20,21)/t10-/m0/s1. The molecule has 0 aliphatic rings. The predicted octanol–water partition coefficient (Wildman–Crippen LogP) is 1.70. The Balaban J connectivity index is 2.25. The quantitative estimate of drug-likeness (QED) is 0.802. The Bertz CT molecular complexity index is 722. The highest BCUT2D eigenvalue weighted by Crippen LogP contribution is 2.30. The molecule has 0 spiro atoms. The average molecular weight is 337 g/mol. The number of imide groups is 1. The molecule has 0 aliphatic heterocycles. The van der Waals surface area contributed by atoms with Gasteiger partial charge in [0, 0.05) is 7.05 Å².